The lowest BCUT2D eigenvalue weighted by molar-refractivity contribution is -0.0497. The summed E-state index contributed by atoms with van der Waals surface area (Å²) in [5, 5.41) is 2.61. The van der Waals surface area contributed by atoms with Gasteiger partial charge in [0.1, 0.15) is 5.75 Å². The number of halogens is 2. The minimum Gasteiger partial charge on any atom is -0.435 e. The highest BCUT2D eigenvalue weighted by molar-refractivity contribution is 6.04. The number of anilines is 2. The maximum atomic E-state index is 12.1. The molecule has 0 saturated heterocycles. The van der Waals surface area contributed by atoms with Gasteiger partial charge in [-0.25, -0.2) is 0 Å². The molecule has 2 aromatic carbocycles. The lowest BCUT2D eigenvalue weighted by atomic mass is 10.1. The van der Waals surface area contributed by atoms with Crippen molar-refractivity contribution in [1.82, 2.24) is 0 Å². The van der Waals surface area contributed by atoms with Gasteiger partial charge in [0.25, 0.3) is 5.91 Å². The third-order valence-corrected chi connectivity index (χ3v) is 2.85. The molecule has 21 heavy (non-hydrogen) atoms. The molecule has 0 unspecified atom stereocenters. The van der Waals surface area contributed by atoms with E-state index in [-0.39, 0.29) is 11.7 Å². The predicted octanol–water partition coefficient (Wildman–Crippen LogP) is 3.43. The first-order chi connectivity index (χ1) is 9.95. The molecule has 0 aliphatic heterocycles. The molecule has 0 heterocycles. The van der Waals surface area contributed by atoms with Gasteiger partial charge in [-0.3, -0.25) is 4.79 Å². The molecule has 0 aliphatic rings. The summed E-state index contributed by atoms with van der Waals surface area (Å²) in [7, 11) is 0. The van der Waals surface area contributed by atoms with Crippen molar-refractivity contribution in [3.05, 3.63) is 53.6 Å². The molecule has 0 aromatic heterocycles. The van der Waals surface area contributed by atoms with Crippen LogP contribution in [0.3, 0.4) is 0 Å². The molecule has 0 saturated carbocycles. The van der Waals surface area contributed by atoms with Crippen LogP contribution in [-0.4, -0.2) is 12.5 Å². The van der Waals surface area contributed by atoms with Crippen LogP contribution in [0.2, 0.25) is 0 Å². The second kappa shape index (κ2) is 6.21. The van der Waals surface area contributed by atoms with E-state index in [4.69, 9.17) is 5.73 Å². The average Bonchev–Trinajstić information content (AvgIpc) is 2.41. The molecule has 0 radical (unpaired) electrons. The minimum absolute atomic E-state index is 0.0173. The third-order valence-electron chi connectivity index (χ3n) is 2.85. The molecule has 0 atom stereocenters. The van der Waals surface area contributed by atoms with Gasteiger partial charge < -0.3 is 15.8 Å². The zero-order chi connectivity index (χ0) is 15.4. The first-order valence-electron chi connectivity index (χ1n) is 6.18. The number of hydrogen-bond acceptors (Lipinski definition) is 3. The van der Waals surface area contributed by atoms with Crippen molar-refractivity contribution in [3.63, 3.8) is 0 Å². The summed E-state index contributed by atoms with van der Waals surface area (Å²) in [5.41, 5.74) is 7.87. The van der Waals surface area contributed by atoms with E-state index in [0.29, 0.717) is 16.9 Å². The smallest absolute Gasteiger partial charge is 0.387 e. The summed E-state index contributed by atoms with van der Waals surface area (Å²) >= 11 is 0. The van der Waals surface area contributed by atoms with Crippen LogP contribution in [0, 0.1) is 6.92 Å². The quantitative estimate of drug-likeness (QED) is 0.848. The van der Waals surface area contributed by atoms with E-state index in [1.807, 2.05) is 0 Å². The molecule has 0 spiro atoms. The van der Waals surface area contributed by atoms with E-state index in [0.717, 1.165) is 5.56 Å². The number of nitrogens with one attached hydrogen (secondary N) is 1. The number of aryl methyl sites for hydroxylation is 1. The molecule has 4 nitrogen and oxygen atoms in total. The van der Waals surface area contributed by atoms with Crippen LogP contribution in [0.1, 0.15) is 15.9 Å². The Bertz CT molecular complexity index is 660. The van der Waals surface area contributed by atoms with E-state index in [9.17, 15) is 13.6 Å². The van der Waals surface area contributed by atoms with Gasteiger partial charge >= 0.3 is 6.61 Å². The van der Waals surface area contributed by atoms with Gasteiger partial charge in [0.15, 0.2) is 0 Å². The van der Waals surface area contributed by atoms with Crippen LogP contribution in [0.15, 0.2) is 42.5 Å². The van der Waals surface area contributed by atoms with Crippen LogP contribution >= 0.6 is 0 Å². The number of carbonyl (C=O) groups is 1. The van der Waals surface area contributed by atoms with E-state index in [1.54, 1.807) is 31.2 Å². The predicted molar refractivity (Wildman–Crippen MR) is 76.6 cm³/mol. The lowest BCUT2D eigenvalue weighted by Gasteiger charge is -2.09. The molecule has 3 N–H and O–H groups in total. The molecule has 2 rings (SSSR count). The van der Waals surface area contributed by atoms with E-state index < -0.39 is 6.61 Å². The Kier molecular flexibility index (Phi) is 4.37. The van der Waals surface area contributed by atoms with Crippen LogP contribution in [0.25, 0.3) is 0 Å². The third kappa shape index (κ3) is 3.92. The Morgan fingerprint density at radius 2 is 2.00 bits per heavy atom. The monoisotopic (exact) mass is 292 g/mol. The van der Waals surface area contributed by atoms with E-state index >= 15 is 0 Å². The topological polar surface area (TPSA) is 64.3 Å². The molecular weight excluding hydrogens is 278 g/mol. The van der Waals surface area contributed by atoms with Gasteiger partial charge in [0.2, 0.25) is 0 Å². The number of nitrogen functional groups attached to an aromatic ring is 1. The fraction of sp³-hybridized carbons (Fsp3) is 0.133. The average molecular weight is 292 g/mol. The molecule has 0 fully saturated rings. The Labute approximate surface area is 120 Å². The van der Waals surface area contributed by atoms with Crippen molar-refractivity contribution < 1.29 is 18.3 Å². The largest absolute Gasteiger partial charge is 0.435 e. The van der Waals surface area contributed by atoms with Crippen molar-refractivity contribution in [2.75, 3.05) is 11.1 Å². The van der Waals surface area contributed by atoms with Crippen LogP contribution in [-0.2, 0) is 0 Å². The Morgan fingerprint density at radius 1 is 1.24 bits per heavy atom. The maximum Gasteiger partial charge on any atom is 0.387 e. The van der Waals surface area contributed by atoms with Gasteiger partial charge in [0, 0.05) is 23.0 Å². The summed E-state index contributed by atoms with van der Waals surface area (Å²) in [6, 6.07) is 10.7. The number of amides is 1. The fourth-order valence-electron chi connectivity index (χ4n) is 1.77. The van der Waals surface area contributed by atoms with Crippen molar-refractivity contribution in [3.8, 4) is 5.75 Å². The molecule has 6 heteroatoms. The van der Waals surface area contributed by atoms with Crippen LogP contribution in [0.4, 0.5) is 20.2 Å². The van der Waals surface area contributed by atoms with Crippen molar-refractivity contribution in [2.24, 2.45) is 0 Å². The molecule has 110 valence electrons. The Balaban J connectivity index is 2.13. The number of rotatable bonds is 4. The lowest BCUT2D eigenvalue weighted by Crippen LogP contribution is -2.12. The van der Waals surface area contributed by atoms with Gasteiger partial charge in [-0.2, -0.15) is 8.78 Å². The fourth-order valence-corrected chi connectivity index (χ4v) is 1.77. The number of hydrogen-bond donors (Lipinski definition) is 2. The number of benzene rings is 2. The van der Waals surface area contributed by atoms with E-state index in [1.165, 1.54) is 18.2 Å². The highest BCUT2D eigenvalue weighted by Gasteiger charge is 2.09. The van der Waals surface area contributed by atoms with Gasteiger partial charge in [-0.15, -0.1) is 0 Å². The second-order valence-corrected chi connectivity index (χ2v) is 4.43. The zero-order valence-corrected chi connectivity index (χ0v) is 11.3. The molecule has 1 amide bonds. The zero-order valence-electron chi connectivity index (χ0n) is 11.3. The Hall–Kier alpha value is -2.63. The van der Waals surface area contributed by atoms with Gasteiger partial charge in [-0.05, 0) is 42.8 Å². The molecule has 0 bridgehead atoms. The summed E-state index contributed by atoms with van der Waals surface area (Å²) in [5.74, 6) is -0.372. The van der Waals surface area contributed by atoms with Crippen molar-refractivity contribution >= 4 is 17.3 Å². The Morgan fingerprint density at radius 3 is 2.67 bits per heavy atom. The summed E-state index contributed by atoms with van der Waals surface area (Å²) < 4.78 is 28.6. The van der Waals surface area contributed by atoms with Crippen molar-refractivity contribution in [1.29, 1.82) is 0 Å². The SMILES string of the molecule is Cc1cc(C(=O)Nc2cccc(OC(F)F)c2)ccc1N. The van der Waals surface area contributed by atoms with Crippen molar-refractivity contribution in [2.45, 2.75) is 13.5 Å². The highest BCUT2D eigenvalue weighted by Crippen LogP contribution is 2.20. The number of carbonyl (C=O) groups excluding carboxylic acids is 1. The van der Waals surface area contributed by atoms with Gasteiger partial charge in [-0.1, -0.05) is 6.07 Å². The number of alkyl halides is 2. The van der Waals surface area contributed by atoms with Crippen LogP contribution < -0.4 is 15.8 Å². The summed E-state index contributed by atoms with van der Waals surface area (Å²) in [6.45, 7) is -1.11. The molecule has 2 aromatic rings. The first kappa shape index (κ1) is 14.8. The normalized spacial score (nSPS) is 10.5. The number of nitrogens with two attached hydrogens (primary N) is 1. The first-order valence-corrected chi connectivity index (χ1v) is 6.18. The standard InChI is InChI=1S/C15H14F2N2O2/c1-9-7-10(5-6-13(9)18)14(20)19-11-3-2-4-12(8-11)21-15(16)17/h2-8,15H,18H2,1H3,(H,19,20). The summed E-state index contributed by atoms with van der Waals surface area (Å²) in [6.07, 6.45) is 0. The second-order valence-electron chi connectivity index (χ2n) is 4.43. The minimum atomic E-state index is -2.91. The molecule has 0 aliphatic carbocycles. The highest BCUT2D eigenvalue weighted by atomic mass is 19.3. The van der Waals surface area contributed by atoms with E-state index in [2.05, 4.69) is 10.1 Å². The maximum absolute atomic E-state index is 12.1. The van der Waals surface area contributed by atoms with Crippen LogP contribution in [0.5, 0.6) is 5.75 Å². The van der Waals surface area contributed by atoms with Gasteiger partial charge in [0.05, 0.1) is 0 Å². The number of ether oxygens (including phenoxy) is 1. The molecular formula is C15H14F2N2O2. The summed E-state index contributed by atoms with van der Waals surface area (Å²) in [4.78, 5) is 12.1.